The summed E-state index contributed by atoms with van der Waals surface area (Å²) in [5.74, 6) is 0.400. The monoisotopic (exact) mass is 333 g/mol. The fourth-order valence-corrected chi connectivity index (χ4v) is 2.67. The van der Waals surface area contributed by atoms with E-state index in [0.29, 0.717) is 11.4 Å². The molecule has 1 aromatic carbocycles. The summed E-state index contributed by atoms with van der Waals surface area (Å²) in [5.41, 5.74) is 0.592. The van der Waals surface area contributed by atoms with E-state index in [9.17, 15) is 9.59 Å². The van der Waals surface area contributed by atoms with E-state index in [0.717, 1.165) is 4.88 Å². The van der Waals surface area contributed by atoms with Crippen LogP contribution in [0.5, 0.6) is 5.75 Å². The van der Waals surface area contributed by atoms with Crippen molar-refractivity contribution in [1.29, 1.82) is 0 Å². The quantitative estimate of drug-likeness (QED) is 0.760. The number of nitrogens with one attached hydrogen (secondary N) is 3. The van der Waals surface area contributed by atoms with Crippen LogP contribution in [0.1, 0.15) is 17.8 Å². The molecule has 0 radical (unpaired) electrons. The van der Waals surface area contributed by atoms with E-state index < -0.39 is 6.03 Å². The third kappa shape index (κ3) is 5.30. The molecule has 2 rings (SSSR count). The lowest BCUT2D eigenvalue weighted by Gasteiger charge is -2.13. The summed E-state index contributed by atoms with van der Waals surface area (Å²) in [6.45, 7) is 1.81. The minimum Gasteiger partial charge on any atom is -0.497 e. The van der Waals surface area contributed by atoms with Crippen molar-refractivity contribution in [3.8, 4) is 5.75 Å². The van der Waals surface area contributed by atoms with Crippen LogP contribution >= 0.6 is 11.3 Å². The van der Waals surface area contributed by atoms with Crippen molar-refractivity contribution in [3.05, 3.63) is 46.7 Å². The maximum absolute atomic E-state index is 11.8. The Morgan fingerprint density at radius 2 is 2.09 bits per heavy atom. The molecule has 0 saturated heterocycles. The Bertz CT molecular complexity index is 658. The highest BCUT2D eigenvalue weighted by molar-refractivity contribution is 7.10. The van der Waals surface area contributed by atoms with Crippen LogP contribution in [0.15, 0.2) is 41.8 Å². The smallest absolute Gasteiger partial charge is 0.319 e. The molecule has 3 N–H and O–H groups in total. The van der Waals surface area contributed by atoms with Gasteiger partial charge in [0.2, 0.25) is 5.91 Å². The number of ether oxygens (including phenoxy) is 1. The van der Waals surface area contributed by atoms with E-state index in [1.807, 2.05) is 24.4 Å². The van der Waals surface area contributed by atoms with Crippen LogP contribution in [0.25, 0.3) is 0 Å². The highest BCUT2D eigenvalue weighted by Crippen LogP contribution is 2.18. The first-order valence-corrected chi connectivity index (χ1v) is 7.98. The molecule has 0 saturated carbocycles. The summed E-state index contributed by atoms with van der Waals surface area (Å²) in [6, 6.07) is 10.3. The van der Waals surface area contributed by atoms with Gasteiger partial charge in [0.25, 0.3) is 0 Å². The van der Waals surface area contributed by atoms with Crippen molar-refractivity contribution in [2.75, 3.05) is 19.0 Å². The van der Waals surface area contributed by atoms with Crippen molar-refractivity contribution in [2.45, 2.75) is 13.0 Å². The number of rotatable bonds is 6. The summed E-state index contributed by atoms with van der Waals surface area (Å²) >= 11 is 1.58. The molecule has 0 aliphatic rings. The first-order chi connectivity index (χ1) is 11.1. The average molecular weight is 333 g/mol. The van der Waals surface area contributed by atoms with E-state index in [2.05, 4.69) is 16.0 Å². The van der Waals surface area contributed by atoms with Crippen LogP contribution in [0, 0.1) is 0 Å². The van der Waals surface area contributed by atoms with Crippen molar-refractivity contribution in [1.82, 2.24) is 10.6 Å². The van der Waals surface area contributed by atoms with Gasteiger partial charge in [0.15, 0.2) is 0 Å². The lowest BCUT2D eigenvalue weighted by molar-refractivity contribution is -0.120. The van der Waals surface area contributed by atoms with Crippen molar-refractivity contribution < 1.29 is 14.3 Å². The first kappa shape index (κ1) is 16.8. The molecule has 2 aromatic rings. The highest BCUT2D eigenvalue weighted by atomic mass is 32.1. The van der Waals surface area contributed by atoms with Crippen LogP contribution in [0.3, 0.4) is 0 Å². The normalized spacial score (nSPS) is 11.4. The second-order valence-corrected chi connectivity index (χ2v) is 5.82. The van der Waals surface area contributed by atoms with Gasteiger partial charge in [0.1, 0.15) is 5.75 Å². The third-order valence-corrected chi connectivity index (χ3v) is 4.14. The van der Waals surface area contributed by atoms with Gasteiger partial charge < -0.3 is 20.7 Å². The molecule has 0 aliphatic carbocycles. The number of carbonyl (C=O) groups excluding carboxylic acids is 2. The number of benzene rings is 1. The largest absolute Gasteiger partial charge is 0.497 e. The Hall–Kier alpha value is -2.54. The molecule has 0 aliphatic heterocycles. The Morgan fingerprint density at radius 1 is 1.26 bits per heavy atom. The van der Waals surface area contributed by atoms with Crippen LogP contribution in [-0.4, -0.2) is 25.6 Å². The number of anilines is 1. The van der Waals surface area contributed by atoms with Gasteiger partial charge in [-0.2, -0.15) is 0 Å². The summed E-state index contributed by atoms with van der Waals surface area (Å²) in [4.78, 5) is 24.7. The molecule has 0 unspecified atom stereocenters. The van der Waals surface area contributed by atoms with Crippen LogP contribution in [-0.2, 0) is 4.79 Å². The Kier molecular flexibility index (Phi) is 5.99. The van der Waals surface area contributed by atoms with E-state index in [1.165, 1.54) is 0 Å². The van der Waals surface area contributed by atoms with Crippen LogP contribution in [0.2, 0.25) is 0 Å². The van der Waals surface area contributed by atoms with Gasteiger partial charge in [0, 0.05) is 16.6 Å². The van der Waals surface area contributed by atoms with Crippen LogP contribution < -0.4 is 20.7 Å². The molecule has 1 atom stereocenters. The van der Waals surface area contributed by atoms with E-state index in [1.54, 1.807) is 42.7 Å². The summed E-state index contributed by atoms with van der Waals surface area (Å²) in [5, 5.41) is 9.95. The fraction of sp³-hybridized carbons (Fsp3) is 0.250. The number of hydrogen-bond donors (Lipinski definition) is 3. The van der Waals surface area contributed by atoms with Crippen molar-refractivity contribution >= 4 is 29.0 Å². The lowest BCUT2D eigenvalue weighted by Crippen LogP contribution is -2.39. The van der Waals surface area contributed by atoms with Gasteiger partial charge in [0.05, 0.1) is 19.7 Å². The number of urea groups is 1. The third-order valence-electron chi connectivity index (χ3n) is 3.08. The molecule has 0 spiro atoms. The zero-order valence-corrected chi connectivity index (χ0v) is 13.8. The zero-order chi connectivity index (χ0) is 16.7. The Balaban J connectivity index is 1.76. The minimum absolute atomic E-state index is 0.0780. The maximum Gasteiger partial charge on any atom is 0.319 e. The lowest BCUT2D eigenvalue weighted by atomic mass is 10.3. The molecule has 0 fully saturated rings. The molecule has 23 heavy (non-hydrogen) atoms. The second kappa shape index (κ2) is 8.19. The molecule has 6 nitrogen and oxygen atoms in total. The topological polar surface area (TPSA) is 79.5 Å². The van der Waals surface area contributed by atoms with Gasteiger partial charge in [-0.1, -0.05) is 12.1 Å². The van der Waals surface area contributed by atoms with Gasteiger partial charge in [-0.15, -0.1) is 11.3 Å². The number of hydrogen-bond acceptors (Lipinski definition) is 4. The molecule has 122 valence electrons. The molecule has 7 heteroatoms. The van der Waals surface area contributed by atoms with Gasteiger partial charge in [-0.05, 0) is 30.5 Å². The Labute approximate surface area is 138 Å². The number of methoxy groups -OCH3 is 1. The summed E-state index contributed by atoms with van der Waals surface area (Å²) in [6.07, 6.45) is 0. The predicted molar refractivity (Wildman–Crippen MR) is 90.9 cm³/mol. The predicted octanol–water partition coefficient (Wildman–Crippen LogP) is 2.76. The highest BCUT2D eigenvalue weighted by Gasteiger charge is 2.11. The molecular formula is C16H19N3O3S. The van der Waals surface area contributed by atoms with E-state index in [-0.39, 0.29) is 18.5 Å². The van der Waals surface area contributed by atoms with E-state index >= 15 is 0 Å². The van der Waals surface area contributed by atoms with Gasteiger partial charge >= 0.3 is 6.03 Å². The first-order valence-electron chi connectivity index (χ1n) is 7.10. The second-order valence-electron chi connectivity index (χ2n) is 4.84. The van der Waals surface area contributed by atoms with E-state index in [4.69, 9.17) is 4.74 Å². The number of thiophene rings is 1. The van der Waals surface area contributed by atoms with Crippen LogP contribution in [0.4, 0.5) is 10.5 Å². The van der Waals surface area contributed by atoms with Gasteiger partial charge in [-0.3, -0.25) is 4.79 Å². The maximum atomic E-state index is 11.8. The van der Waals surface area contributed by atoms with Gasteiger partial charge in [-0.25, -0.2) is 4.79 Å². The molecule has 0 bridgehead atoms. The summed E-state index contributed by atoms with van der Waals surface area (Å²) in [7, 11) is 1.55. The number of carbonyl (C=O) groups is 2. The molecular weight excluding hydrogens is 314 g/mol. The zero-order valence-electron chi connectivity index (χ0n) is 13.0. The molecule has 1 heterocycles. The van der Waals surface area contributed by atoms with Crippen molar-refractivity contribution in [3.63, 3.8) is 0 Å². The Morgan fingerprint density at radius 3 is 2.78 bits per heavy atom. The SMILES string of the molecule is COc1cccc(NC(=O)NCC(=O)N[C@H](C)c2cccs2)c1. The average Bonchev–Trinajstić information content (AvgIpc) is 3.07. The fourth-order valence-electron chi connectivity index (χ4n) is 1.94. The van der Waals surface area contributed by atoms with Crippen molar-refractivity contribution in [2.24, 2.45) is 0 Å². The molecule has 3 amide bonds. The molecule has 1 aromatic heterocycles. The standard InChI is InChI=1S/C16H19N3O3S/c1-11(14-7-4-8-23-14)18-15(20)10-17-16(21)19-12-5-3-6-13(9-12)22-2/h3-9,11H,10H2,1-2H3,(H,18,20)(H2,17,19,21)/t11-/m1/s1. The number of amides is 3. The minimum atomic E-state index is -0.447. The summed E-state index contributed by atoms with van der Waals surface area (Å²) < 4.78 is 5.08.